The Hall–Kier alpha value is -0.860. The fraction of sp³-hybridized carbons (Fsp3) is 0.684. The van der Waals surface area contributed by atoms with Gasteiger partial charge in [-0.2, -0.15) is 0 Å². The van der Waals surface area contributed by atoms with Gasteiger partial charge in [-0.3, -0.25) is 0 Å². The van der Waals surface area contributed by atoms with Gasteiger partial charge in [0.05, 0.1) is 12.7 Å². The molecule has 0 radical (unpaired) electrons. The molecule has 1 aromatic carbocycles. The Bertz CT molecular complexity index is 404. The van der Waals surface area contributed by atoms with Crippen LogP contribution in [0.5, 0.6) is 0 Å². The van der Waals surface area contributed by atoms with Gasteiger partial charge < -0.3 is 10.1 Å². The molecule has 0 bridgehead atoms. The number of benzene rings is 1. The lowest BCUT2D eigenvalue weighted by atomic mass is 9.89. The summed E-state index contributed by atoms with van der Waals surface area (Å²) in [6, 6.07) is 8.74. The molecule has 1 aromatic rings. The van der Waals surface area contributed by atoms with Gasteiger partial charge in [-0.1, -0.05) is 51.0 Å². The van der Waals surface area contributed by atoms with Crippen LogP contribution in [0.3, 0.4) is 0 Å². The van der Waals surface area contributed by atoms with Crippen molar-refractivity contribution in [3.8, 4) is 0 Å². The molecule has 0 heterocycles. The number of rotatable bonds is 8. The maximum atomic E-state index is 6.19. The van der Waals surface area contributed by atoms with E-state index in [2.05, 4.69) is 43.4 Å². The van der Waals surface area contributed by atoms with Crippen molar-refractivity contribution in [3.63, 3.8) is 0 Å². The Morgan fingerprint density at radius 1 is 1.14 bits per heavy atom. The first-order chi connectivity index (χ1) is 10.3. The van der Waals surface area contributed by atoms with Crippen LogP contribution in [0.15, 0.2) is 24.3 Å². The SMILES string of the molecule is CCCNCCc1ccccc1COC1CCCC(C)C1. The zero-order valence-electron chi connectivity index (χ0n) is 13.7. The summed E-state index contributed by atoms with van der Waals surface area (Å²) in [6.45, 7) is 7.51. The van der Waals surface area contributed by atoms with Crippen molar-refractivity contribution in [1.29, 1.82) is 0 Å². The lowest BCUT2D eigenvalue weighted by Gasteiger charge is -2.27. The number of hydrogen-bond donors (Lipinski definition) is 1. The number of ether oxygens (including phenoxy) is 1. The van der Waals surface area contributed by atoms with Gasteiger partial charge in [0.1, 0.15) is 0 Å². The molecule has 0 amide bonds. The van der Waals surface area contributed by atoms with Crippen molar-refractivity contribution >= 4 is 0 Å². The summed E-state index contributed by atoms with van der Waals surface area (Å²) in [5.74, 6) is 0.831. The minimum absolute atomic E-state index is 0.472. The maximum absolute atomic E-state index is 6.19. The predicted octanol–water partition coefficient (Wildman–Crippen LogP) is 4.32. The van der Waals surface area contributed by atoms with Crippen LogP contribution < -0.4 is 5.32 Å². The normalized spacial score (nSPS) is 22.4. The van der Waals surface area contributed by atoms with Crippen molar-refractivity contribution < 1.29 is 4.74 Å². The fourth-order valence-corrected chi connectivity index (χ4v) is 3.20. The van der Waals surface area contributed by atoms with Crippen molar-refractivity contribution in [2.24, 2.45) is 5.92 Å². The molecule has 2 atom stereocenters. The summed E-state index contributed by atoms with van der Waals surface area (Å²) in [5, 5.41) is 3.48. The minimum Gasteiger partial charge on any atom is -0.374 e. The molecular weight excluding hydrogens is 258 g/mol. The van der Waals surface area contributed by atoms with Crippen molar-refractivity contribution in [2.75, 3.05) is 13.1 Å². The molecule has 1 fully saturated rings. The van der Waals surface area contributed by atoms with E-state index >= 15 is 0 Å². The second-order valence-electron chi connectivity index (χ2n) is 6.47. The Labute approximate surface area is 130 Å². The van der Waals surface area contributed by atoms with Gasteiger partial charge >= 0.3 is 0 Å². The highest BCUT2D eigenvalue weighted by Crippen LogP contribution is 2.26. The zero-order valence-corrected chi connectivity index (χ0v) is 13.7. The third kappa shape index (κ3) is 5.80. The molecule has 0 aromatic heterocycles. The van der Waals surface area contributed by atoms with Gasteiger partial charge in [-0.15, -0.1) is 0 Å². The molecule has 21 heavy (non-hydrogen) atoms. The zero-order chi connectivity index (χ0) is 14.9. The van der Waals surface area contributed by atoms with E-state index < -0.39 is 0 Å². The van der Waals surface area contributed by atoms with Gasteiger partial charge in [-0.25, -0.2) is 0 Å². The molecule has 1 aliphatic rings. The average molecular weight is 289 g/mol. The smallest absolute Gasteiger partial charge is 0.0723 e. The van der Waals surface area contributed by atoms with Crippen LogP contribution in [0, 0.1) is 5.92 Å². The Morgan fingerprint density at radius 2 is 1.95 bits per heavy atom. The lowest BCUT2D eigenvalue weighted by molar-refractivity contribution is 0.00439. The maximum Gasteiger partial charge on any atom is 0.0723 e. The topological polar surface area (TPSA) is 21.3 Å². The molecule has 0 aliphatic heterocycles. The molecule has 2 unspecified atom stereocenters. The van der Waals surface area contributed by atoms with E-state index in [4.69, 9.17) is 4.74 Å². The van der Waals surface area contributed by atoms with E-state index in [-0.39, 0.29) is 0 Å². The summed E-state index contributed by atoms with van der Waals surface area (Å²) < 4.78 is 6.19. The van der Waals surface area contributed by atoms with Gasteiger partial charge in [0.2, 0.25) is 0 Å². The monoisotopic (exact) mass is 289 g/mol. The van der Waals surface area contributed by atoms with E-state index in [0.29, 0.717) is 6.10 Å². The molecule has 2 nitrogen and oxygen atoms in total. The number of hydrogen-bond acceptors (Lipinski definition) is 2. The van der Waals surface area contributed by atoms with Crippen LogP contribution in [0.25, 0.3) is 0 Å². The van der Waals surface area contributed by atoms with E-state index in [1.807, 2.05) is 0 Å². The van der Waals surface area contributed by atoms with Gasteiger partial charge in [0, 0.05) is 0 Å². The average Bonchev–Trinajstić information content (AvgIpc) is 2.50. The highest BCUT2D eigenvalue weighted by molar-refractivity contribution is 5.26. The minimum atomic E-state index is 0.472. The second-order valence-corrected chi connectivity index (χ2v) is 6.47. The molecule has 0 saturated heterocycles. The summed E-state index contributed by atoms with van der Waals surface area (Å²) in [4.78, 5) is 0. The predicted molar refractivity (Wildman–Crippen MR) is 89.5 cm³/mol. The molecule has 0 spiro atoms. The Morgan fingerprint density at radius 3 is 2.71 bits per heavy atom. The first-order valence-electron chi connectivity index (χ1n) is 8.68. The van der Waals surface area contributed by atoms with Crippen LogP contribution >= 0.6 is 0 Å². The first-order valence-corrected chi connectivity index (χ1v) is 8.68. The largest absolute Gasteiger partial charge is 0.374 e. The lowest BCUT2D eigenvalue weighted by Crippen LogP contribution is -2.22. The standard InChI is InChI=1S/C19H31NO/c1-3-12-20-13-11-17-8-4-5-9-18(17)15-21-19-10-6-7-16(2)14-19/h4-5,8-9,16,19-20H,3,6-7,10-15H2,1-2H3. The summed E-state index contributed by atoms with van der Waals surface area (Å²) in [6.07, 6.45) is 7.95. The molecule has 1 saturated carbocycles. The van der Waals surface area contributed by atoms with E-state index in [1.165, 1.54) is 43.2 Å². The van der Waals surface area contributed by atoms with Crippen LogP contribution in [-0.4, -0.2) is 19.2 Å². The van der Waals surface area contributed by atoms with E-state index in [0.717, 1.165) is 32.0 Å². The van der Waals surface area contributed by atoms with Gasteiger partial charge in [-0.05, 0) is 55.8 Å². The van der Waals surface area contributed by atoms with Crippen molar-refractivity contribution in [3.05, 3.63) is 35.4 Å². The molecular formula is C19H31NO. The van der Waals surface area contributed by atoms with Crippen LogP contribution in [-0.2, 0) is 17.8 Å². The van der Waals surface area contributed by atoms with Crippen molar-refractivity contribution in [2.45, 2.75) is 65.1 Å². The van der Waals surface area contributed by atoms with E-state index in [1.54, 1.807) is 0 Å². The fourth-order valence-electron chi connectivity index (χ4n) is 3.20. The third-order valence-electron chi connectivity index (χ3n) is 4.48. The van der Waals surface area contributed by atoms with Crippen LogP contribution in [0.2, 0.25) is 0 Å². The van der Waals surface area contributed by atoms with Gasteiger partial charge in [0.15, 0.2) is 0 Å². The second kappa shape index (κ2) is 9.22. The summed E-state index contributed by atoms with van der Waals surface area (Å²) >= 11 is 0. The Kier molecular flexibility index (Phi) is 7.25. The summed E-state index contributed by atoms with van der Waals surface area (Å²) in [5.41, 5.74) is 2.80. The highest BCUT2D eigenvalue weighted by atomic mass is 16.5. The molecule has 2 heteroatoms. The molecule has 1 aliphatic carbocycles. The molecule has 2 rings (SSSR count). The first kappa shape index (κ1) is 16.5. The number of nitrogens with one attached hydrogen (secondary N) is 1. The highest BCUT2D eigenvalue weighted by Gasteiger charge is 2.19. The third-order valence-corrected chi connectivity index (χ3v) is 4.48. The van der Waals surface area contributed by atoms with E-state index in [9.17, 15) is 0 Å². The Balaban J connectivity index is 1.81. The van der Waals surface area contributed by atoms with Gasteiger partial charge in [0.25, 0.3) is 0 Å². The summed E-state index contributed by atoms with van der Waals surface area (Å²) in [7, 11) is 0. The molecule has 118 valence electrons. The van der Waals surface area contributed by atoms with Crippen LogP contribution in [0.1, 0.15) is 57.1 Å². The van der Waals surface area contributed by atoms with Crippen molar-refractivity contribution in [1.82, 2.24) is 5.32 Å². The quantitative estimate of drug-likeness (QED) is 0.719. The van der Waals surface area contributed by atoms with Crippen LogP contribution in [0.4, 0.5) is 0 Å². The molecule has 1 N–H and O–H groups in total.